The number of carbonyl (C=O) groups excluding carboxylic acids is 2. The summed E-state index contributed by atoms with van der Waals surface area (Å²) in [5, 5.41) is 3.73. The summed E-state index contributed by atoms with van der Waals surface area (Å²) in [6.07, 6.45) is 0.795. The number of fused-ring (bicyclic) bond motifs is 1. The van der Waals surface area contributed by atoms with Crippen LogP contribution in [-0.2, 0) is 19.6 Å². The number of carbonyl (C=O) groups is 2. The van der Waals surface area contributed by atoms with Gasteiger partial charge in [0.25, 0.3) is 0 Å². The predicted octanol–water partition coefficient (Wildman–Crippen LogP) is 2.25. The van der Waals surface area contributed by atoms with E-state index < -0.39 is 21.7 Å². The van der Waals surface area contributed by atoms with Crippen LogP contribution < -0.4 is 5.32 Å². The number of alkyl carbamates (subject to hydrolysis) is 1. The van der Waals surface area contributed by atoms with E-state index in [0.29, 0.717) is 10.8 Å². The van der Waals surface area contributed by atoms with Crippen molar-refractivity contribution >= 4 is 44.4 Å². The number of ether oxygens (including phenoxy) is 1. The van der Waals surface area contributed by atoms with Crippen molar-refractivity contribution in [3.05, 3.63) is 35.6 Å². The van der Waals surface area contributed by atoms with E-state index in [4.69, 9.17) is 16.3 Å². The second-order valence-corrected chi connectivity index (χ2v) is 10.4. The average molecular weight is 469 g/mol. The monoisotopic (exact) mass is 468 g/mol. The molecular weight excluding hydrogens is 444 g/mol. The zero-order valence-corrected chi connectivity index (χ0v) is 19.2. The Morgan fingerprint density at radius 3 is 2.45 bits per heavy atom. The average Bonchev–Trinajstić information content (AvgIpc) is 2.71. The number of hydrogen-bond acceptors (Lipinski definition) is 6. The Kier molecular flexibility index (Phi) is 6.73. The van der Waals surface area contributed by atoms with Gasteiger partial charge in [-0.2, -0.15) is 4.31 Å². The Morgan fingerprint density at radius 2 is 1.81 bits per heavy atom. The molecule has 1 fully saturated rings. The fourth-order valence-electron chi connectivity index (χ4n) is 3.26. The van der Waals surface area contributed by atoms with Gasteiger partial charge < -0.3 is 15.0 Å². The first-order valence-corrected chi connectivity index (χ1v) is 11.6. The van der Waals surface area contributed by atoms with Crippen LogP contribution in [0.25, 0.3) is 10.8 Å². The molecule has 1 aliphatic rings. The van der Waals surface area contributed by atoms with Crippen molar-refractivity contribution in [2.24, 2.45) is 0 Å². The molecule has 9 nitrogen and oxygen atoms in total. The lowest BCUT2D eigenvalue weighted by molar-refractivity contribution is -0.131. The standard InChI is InChI=1S/C20H25ClN4O5S/c1-20(2,3)30-19(27)23-13-17(26)24-9-11-25(12-10-24)31(28,29)16-6-4-5-15-14(16)7-8-22-18(15)21/h4-8H,9-13H2,1-3H3,(H,23,27). The number of benzene rings is 1. The molecule has 1 aromatic heterocycles. The van der Waals surface area contributed by atoms with Gasteiger partial charge in [0.1, 0.15) is 17.3 Å². The quantitative estimate of drug-likeness (QED) is 0.689. The summed E-state index contributed by atoms with van der Waals surface area (Å²) in [5.41, 5.74) is -0.658. The number of amides is 2. The molecule has 2 amide bonds. The van der Waals surface area contributed by atoms with E-state index in [2.05, 4.69) is 10.3 Å². The van der Waals surface area contributed by atoms with E-state index in [1.165, 1.54) is 21.5 Å². The molecule has 0 spiro atoms. The van der Waals surface area contributed by atoms with Crippen LogP contribution in [0.2, 0.25) is 5.15 Å². The summed E-state index contributed by atoms with van der Waals surface area (Å²) in [6, 6.07) is 6.51. The van der Waals surface area contributed by atoms with Gasteiger partial charge in [-0.1, -0.05) is 23.7 Å². The smallest absolute Gasteiger partial charge is 0.408 e. The summed E-state index contributed by atoms with van der Waals surface area (Å²) in [7, 11) is -3.78. The Labute approximate surface area is 186 Å². The fourth-order valence-corrected chi connectivity index (χ4v) is 5.11. The molecule has 0 bridgehead atoms. The Hall–Kier alpha value is -2.43. The lowest BCUT2D eigenvalue weighted by Gasteiger charge is -2.34. The van der Waals surface area contributed by atoms with E-state index >= 15 is 0 Å². The van der Waals surface area contributed by atoms with Gasteiger partial charge in [0, 0.05) is 43.1 Å². The van der Waals surface area contributed by atoms with E-state index in [9.17, 15) is 18.0 Å². The third-order valence-corrected chi connectivity index (χ3v) is 6.97. The minimum Gasteiger partial charge on any atom is -0.444 e. The van der Waals surface area contributed by atoms with Crippen molar-refractivity contribution in [2.75, 3.05) is 32.7 Å². The normalized spacial score (nSPS) is 15.7. The maximum Gasteiger partial charge on any atom is 0.408 e. The molecular formula is C20H25ClN4O5S. The van der Waals surface area contributed by atoms with Crippen LogP contribution in [0, 0.1) is 0 Å². The molecule has 1 saturated heterocycles. The fraction of sp³-hybridized carbons (Fsp3) is 0.450. The van der Waals surface area contributed by atoms with Gasteiger partial charge in [-0.05, 0) is 32.9 Å². The van der Waals surface area contributed by atoms with Crippen molar-refractivity contribution in [1.29, 1.82) is 0 Å². The second-order valence-electron chi connectivity index (χ2n) is 8.09. The third kappa shape index (κ3) is 5.44. The maximum atomic E-state index is 13.2. The van der Waals surface area contributed by atoms with Gasteiger partial charge in [0.2, 0.25) is 15.9 Å². The molecule has 0 unspecified atom stereocenters. The summed E-state index contributed by atoms with van der Waals surface area (Å²) in [5.74, 6) is -0.300. The van der Waals surface area contributed by atoms with Crippen molar-refractivity contribution in [2.45, 2.75) is 31.3 Å². The predicted molar refractivity (Wildman–Crippen MR) is 116 cm³/mol. The van der Waals surface area contributed by atoms with Crippen molar-refractivity contribution in [1.82, 2.24) is 19.5 Å². The molecule has 11 heteroatoms. The summed E-state index contributed by atoms with van der Waals surface area (Å²) >= 11 is 6.10. The van der Waals surface area contributed by atoms with Gasteiger partial charge in [-0.3, -0.25) is 4.79 Å². The van der Waals surface area contributed by atoms with Crippen LogP contribution >= 0.6 is 11.6 Å². The highest BCUT2D eigenvalue weighted by Gasteiger charge is 2.31. The molecule has 1 aromatic carbocycles. The second kappa shape index (κ2) is 8.97. The van der Waals surface area contributed by atoms with E-state index in [-0.39, 0.29) is 48.7 Å². The zero-order valence-electron chi connectivity index (χ0n) is 17.6. The summed E-state index contributed by atoms with van der Waals surface area (Å²) in [6.45, 7) is 5.72. The van der Waals surface area contributed by atoms with E-state index in [1.54, 1.807) is 39.0 Å². The number of halogens is 1. The Morgan fingerprint density at radius 1 is 1.13 bits per heavy atom. The first-order valence-electron chi connectivity index (χ1n) is 9.77. The van der Waals surface area contributed by atoms with Gasteiger partial charge in [0.15, 0.2) is 0 Å². The van der Waals surface area contributed by atoms with Crippen LogP contribution in [0.4, 0.5) is 4.79 Å². The lowest BCUT2D eigenvalue weighted by Crippen LogP contribution is -2.52. The minimum absolute atomic E-state index is 0.149. The highest BCUT2D eigenvalue weighted by molar-refractivity contribution is 7.89. The molecule has 0 atom stereocenters. The highest BCUT2D eigenvalue weighted by atomic mass is 35.5. The first kappa shape index (κ1) is 23.2. The number of rotatable bonds is 4. The molecule has 3 rings (SSSR count). The molecule has 168 valence electrons. The molecule has 2 aromatic rings. The molecule has 0 radical (unpaired) electrons. The highest BCUT2D eigenvalue weighted by Crippen LogP contribution is 2.29. The van der Waals surface area contributed by atoms with Crippen molar-refractivity contribution < 1.29 is 22.7 Å². The van der Waals surface area contributed by atoms with E-state index in [0.717, 1.165) is 0 Å². The van der Waals surface area contributed by atoms with Gasteiger partial charge in [0.05, 0.1) is 4.90 Å². The number of piperazine rings is 1. The van der Waals surface area contributed by atoms with Crippen LogP contribution in [-0.4, -0.2) is 72.9 Å². The number of nitrogens with zero attached hydrogens (tertiary/aromatic N) is 3. The molecule has 1 aliphatic heterocycles. The SMILES string of the molecule is CC(C)(C)OC(=O)NCC(=O)N1CCN(S(=O)(=O)c2cccc3c(Cl)nccc23)CC1. The van der Waals surface area contributed by atoms with Crippen LogP contribution in [0.15, 0.2) is 35.4 Å². The number of sulfonamides is 1. The molecule has 2 heterocycles. The first-order chi connectivity index (χ1) is 14.5. The molecule has 31 heavy (non-hydrogen) atoms. The van der Waals surface area contributed by atoms with Crippen molar-refractivity contribution in [3.63, 3.8) is 0 Å². The molecule has 0 aliphatic carbocycles. The summed E-state index contributed by atoms with van der Waals surface area (Å²) in [4.78, 5) is 29.8. The van der Waals surface area contributed by atoms with Crippen LogP contribution in [0.3, 0.4) is 0 Å². The van der Waals surface area contributed by atoms with Crippen molar-refractivity contribution in [3.8, 4) is 0 Å². The van der Waals surface area contributed by atoms with Gasteiger partial charge in [-0.15, -0.1) is 0 Å². The largest absolute Gasteiger partial charge is 0.444 e. The van der Waals surface area contributed by atoms with Crippen LogP contribution in [0.5, 0.6) is 0 Å². The number of pyridine rings is 1. The molecule has 1 N–H and O–H groups in total. The maximum absolute atomic E-state index is 13.2. The van der Waals surface area contributed by atoms with Crippen LogP contribution in [0.1, 0.15) is 20.8 Å². The van der Waals surface area contributed by atoms with Gasteiger partial charge in [-0.25, -0.2) is 18.2 Å². The number of aromatic nitrogens is 1. The Balaban J connectivity index is 1.64. The number of nitrogens with one attached hydrogen (secondary N) is 1. The topological polar surface area (TPSA) is 109 Å². The molecule has 0 saturated carbocycles. The minimum atomic E-state index is -3.78. The zero-order chi connectivity index (χ0) is 22.8. The Bertz CT molecular complexity index is 1090. The van der Waals surface area contributed by atoms with E-state index in [1.807, 2.05) is 0 Å². The number of hydrogen-bond donors (Lipinski definition) is 1. The lowest BCUT2D eigenvalue weighted by atomic mass is 10.2. The third-order valence-electron chi connectivity index (χ3n) is 4.71. The van der Waals surface area contributed by atoms with Gasteiger partial charge >= 0.3 is 6.09 Å². The summed E-state index contributed by atoms with van der Waals surface area (Å²) < 4.78 is 32.9.